The molecule has 164 valence electrons. The van der Waals surface area contributed by atoms with Crippen LogP contribution in [0.2, 0.25) is 0 Å². The Morgan fingerprint density at radius 2 is 1.74 bits per heavy atom. The minimum atomic E-state index is -0.177. The first-order chi connectivity index (χ1) is 14.9. The number of carbonyl (C=O) groups is 2. The summed E-state index contributed by atoms with van der Waals surface area (Å²) in [6, 6.07) is 11.1. The van der Waals surface area contributed by atoms with Gasteiger partial charge in [0.1, 0.15) is 0 Å². The number of carbonyl (C=O) groups excluding carboxylic acids is 2. The minimum absolute atomic E-state index is 0.0248. The number of hydrogen-bond donors (Lipinski definition) is 3. The number of nitrogens with one attached hydrogen (secondary N) is 3. The van der Waals surface area contributed by atoms with Gasteiger partial charge in [0, 0.05) is 35.7 Å². The fraction of sp³-hybridized carbons (Fsp3) is 0.304. The Hall–Kier alpha value is -3.52. The van der Waals surface area contributed by atoms with Gasteiger partial charge in [0.05, 0.1) is 32.0 Å². The first kappa shape index (κ1) is 22.2. The molecular formula is C23H28N4O4. The van der Waals surface area contributed by atoms with Crippen LogP contribution in [0, 0.1) is 0 Å². The Balaban J connectivity index is 1.91. The largest absolute Gasteiger partial charge is 0.493 e. The van der Waals surface area contributed by atoms with Crippen LogP contribution in [0.15, 0.2) is 42.1 Å². The zero-order chi connectivity index (χ0) is 22.5. The van der Waals surface area contributed by atoms with Crippen LogP contribution in [0.25, 0.3) is 5.57 Å². The summed E-state index contributed by atoms with van der Waals surface area (Å²) in [5, 5.41) is 9.12. The van der Waals surface area contributed by atoms with Gasteiger partial charge in [0.2, 0.25) is 5.91 Å². The summed E-state index contributed by atoms with van der Waals surface area (Å²) in [4.78, 5) is 26.4. The molecule has 0 bridgehead atoms. The van der Waals surface area contributed by atoms with Gasteiger partial charge in [-0.15, -0.1) is 0 Å². The normalized spacial score (nSPS) is 13.9. The number of ether oxygens (including phenoxy) is 2. The molecule has 0 saturated carbocycles. The van der Waals surface area contributed by atoms with Crippen LogP contribution in [0.5, 0.6) is 11.5 Å². The lowest BCUT2D eigenvalue weighted by atomic mass is 10.0. The Kier molecular flexibility index (Phi) is 6.81. The number of anilines is 3. The van der Waals surface area contributed by atoms with Gasteiger partial charge >= 0.3 is 0 Å². The van der Waals surface area contributed by atoms with Gasteiger partial charge in [0.15, 0.2) is 11.5 Å². The lowest BCUT2D eigenvalue weighted by Crippen LogP contribution is -2.34. The summed E-state index contributed by atoms with van der Waals surface area (Å²) in [7, 11) is 6.60. The predicted octanol–water partition coefficient (Wildman–Crippen LogP) is 3.07. The molecule has 2 amide bonds. The summed E-state index contributed by atoms with van der Waals surface area (Å²) in [5.74, 6) is 0.914. The molecule has 8 nitrogen and oxygen atoms in total. The summed E-state index contributed by atoms with van der Waals surface area (Å²) in [6.45, 7) is 2.26. The van der Waals surface area contributed by atoms with Gasteiger partial charge in [0.25, 0.3) is 5.91 Å². The number of nitrogens with zero attached hydrogens (tertiary/aromatic N) is 1. The van der Waals surface area contributed by atoms with E-state index in [0.29, 0.717) is 29.2 Å². The van der Waals surface area contributed by atoms with Crippen molar-refractivity contribution in [3.63, 3.8) is 0 Å². The maximum Gasteiger partial charge on any atom is 0.258 e. The molecular weight excluding hydrogens is 396 g/mol. The van der Waals surface area contributed by atoms with Crippen molar-refractivity contribution in [2.45, 2.75) is 13.3 Å². The van der Waals surface area contributed by atoms with E-state index in [4.69, 9.17) is 9.47 Å². The van der Waals surface area contributed by atoms with Gasteiger partial charge < -0.3 is 30.3 Å². The molecule has 31 heavy (non-hydrogen) atoms. The zero-order valence-corrected chi connectivity index (χ0v) is 18.5. The molecule has 0 fully saturated rings. The molecule has 1 heterocycles. The third-order valence-electron chi connectivity index (χ3n) is 5.18. The Morgan fingerprint density at radius 1 is 1.10 bits per heavy atom. The monoisotopic (exact) mass is 424 g/mol. The topological polar surface area (TPSA) is 91.9 Å². The van der Waals surface area contributed by atoms with Gasteiger partial charge in [-0.05, 0) is 43.8 Å². The van der Waals surface area contributed by atoms with Crippen molar-refractivity contribution in [1.29, 1.82) is 0 Å². The zero-order valence-electron chi connectivity index (χ0n) is 18.5. The number of allylic oxidation sites excluding steroid dienone is 1. The molecule has 1 aliphatic heterocycles. The number of fused-ring (bicyclic) bond motifs is 1. The van der Waals surface area contributed by atoms with Crippen LogP contribution in [-0.2, 0) is 9.59 Å². The maximum atomic E-state index is 12.8. The van der Waals surface area contributed by atoms with Crippen LogP contribution >= 0.6 is 0 Å². The van der Waals surface area contributed by atoms with E-state index in [2.05, 4.69) is 16.0 Å². The predicted molar refractivity (Wildman–Crippen MR) is 123 cm³/mol. The van der Waals surface area contributed by atoms with E-state index in [1.54, 1.807) is 39.3 Å². The number of methoxy groups -OCH3 is 2. The van der Waals surface area contributed by atoms with Crippen LogP contribution in [-0.4, -0.2) is 46.7 Å². The molecule has 2 aromatic carbocycles. The molecule has 3 N–H and O–H groups in total. The Labute approximate surface area is 182 Å². The van der Waals surface area contributed by atoms with E-state index in [1.807, 2.05) is 37.3 Å². The highest BCUT2D eigenvalue weighted by molar-refractivity contribution is 6.32. The molecule has 2 aromatic rings. The highest BCUT2D eigenvalue weighted by Gasteiger charge is 2.29. The minimum Gasteiger partial charge on any atom is -0.493 e. The number of hydrogen-bond acceptors (Lipinski definition) is 6. The van der Waals surface area contributed by atoms with Crippen LogP contribution in [0.4, 0.5) is 17.1 Å². The molecule has 0 aromatic heterocycles. The molecule has 0 atom stereocenters. The van der Waals surface area contributed by atoms with Crippen molar-refractivity contribution in [2.75, 3.05) is 50.4 Å². The van der Waals surface area contributed by atoms with Gasteiger partial charge in [-0.2, -0.15) is 0 Å². The number of rotatable bonds is 8. The maximum absolute atomic E-state index is 12.8. The Morgan fingerprint density at radius 3 is 2.32 bits per heavy atom. The van der Waals surface area contributed by atoms with E-state index in [0.717, 1.165) is 22.6 Å². The smallest absolute Gasteiger partial charge is 0.258 e. The van der Waals surface area contributed by atoms with Crippen LogP contribution in [0.1, 0.15) is 18.9 Å². The lowest BCUT2D eigenvalue weighted by molar-refractivity contribution is -0.117. The van der Waals surface area contributed by atoms with Crippen molar-refractivity contribution >= 4 is 34.4 Å². The van der Waals surface area contributed by atoms with Crippen LogP contribution < -0.4 is 30.3 Å². The third-order valence-corrected chi connectivity index (χ3v) is 5.18. The summed E-state index contributed by atoms with van der Waals surface area (Å²) >= 11 is 0. The SMILES string of the molecule is CCC(Nc1ccc(N(C)C(=O)CNC)cc1)=C1C(=O)Nc2cc(OC)c(OC)cc21. The molecule has 0 unspecified atom stereocenters. The Bertz CT molecular complexity index is 1010. The molecule has 1 aliphatic rings. The summed E-state index contributed by atoms with van der Waals surface area (Å²) in [6.07, 6.45) is 0.624. The molecule has 0 saturated heterocycles. The molecule has 0 radical (unpaired) electrons. The second kappa shape index (κ2) is 9.53. The summed E-state index contributed by atoms with van der Waals surface area (Å²) in [5.41, 5.74) is 4.42. The first-order valence-electron chi connectivity index (χ1n) is 10.0. The highest BCUT2D eigenvalue weighted by atomic mass is 16.5. The van der Waals surface area contributed by atoms with Crippen molar-refractivity contribution in [1.82, 2.24) is 5.32 Å². The van der Waals surface area contributed by atoms with Crippen molar-refractivity contribution in [3.8, 4) is 11.5 Å². The number of benzene rings is 2. The first-order valence-corrected chi connectivity index (χ1v) is 10.0. The number of likely N-dealkylation sites (N-methyl/N-ethyl adjacent to an activating group) is 2. The third kappa shape index (κ3) is 4.49. The average Bonchev–Trinajstić information content (AvgIpc) is 3.10. The standard InChI is InChI=1S/C23H28N4O4/c1-6-17(25-14-7-9-15(10-8-14)27(3)21(28)13-24-2)22-16-11-19(30-4)20(31-5)12-18(16)26-23(22)29/h7-12,24-25H,6,13H2,1-5H3,(H,26,29). The van der Waals surface area contributed by atoms with Gasteiger partial charge in [-0.25, -0.2) is 0 Å². The fourth-order valence-corrected chi connectivity index (χ4v) is 3.48. The second-order valence-electron chi connectivity index (χ2n) is 7.07. The van der Waals surface area contributed by atoms with Crippen LogP contribution in [0.3, 0.4) is 0 Å². The number of amides is 2. The molecule has 0 aliphatic carbocycles. The quantitative estimate of drug-likeness (QED) is 0.564. The molecule has 3 rings (SSSR count). The molecule has 8 heteroatoms. The van der Waals surface area contributed by atoms with E-state index in [-0.39, 0.29) is 18.4 Å². The summed E-state index contributed by atoms with van der Waals surface area (Å²) < 4.78 is 10.7. The van der Waals surface area contributed by atoms with Gasteiger partial charge in [-0.1, -0.05) is 6.92 Å². The van der Waals surface area contributed by atoms with Gasteiger partial charge in [-0.3, -0.25) is 9.59 Å². The van der Waals surface area contributed by atoms with E-state index < -0.39 is 0 Å². The van der Waals surface area contributed by atoms with E-state index in [9.17, 15) is 9.59 Å². The second-order valence-corrected chi connectivity index (χ2v) is 7.07. The van der Waals surface area contributed by atoms with Crippen molar-refractivity contribution < 1.29 is 19.1 Å². The van der Waals surface area contributed by atoms with Crippen molar-refractivity contribution in [3.05, 3.63) is 47.7 Å². The average molecular weight is 425 g/mol. The fourth-order valence-electron chi connectivity index (χ4n) is 3.48. The lowest BCUT2D eigenvalue weighted by Gasteiger charge is -2.18. The van der Waals surface area contributed by atoms with E-state index >= 15 is 0 Å². The highest BCUT2D eigenvalue weighted by Crippen LogP contribution is 2.42. The van der Waals surface area contributed by atoms with Crippen molar-refractivity contribution in [2.24, 2.45) is 0 Å². The van der Waals surface area contributed by atoms with E-state index in [1.165, 1.54) is 0 Å². The molecule has 0 spiro atoms.